The molecule has 0 spiro atoms. The van der Waals surface area contributed by atoms with Gasteiger partial charge in [0.2, 0.25) is 0 Å². The molecule has 2 nitrogen and oxygen atoms in total. The fraction of sp³-hybridized carbons (Fsp3) is 0.462. The van der Waals surface area contributed by atoms with Crippen LogP contribution in [0, 0.1) is 0 Å². The molecule has 1 atom stereocenters. The Labute approximate surface area is 99.7 Å². The van der Waals surface area contributed by atoms with E-state index in [4.69, 9.17) is 4.98 Å². The lowest BCUT2D eigenvalue weighted by molar-refractivity contribution is 0.339. The largest absolute Gasteiger partial charge is 0.316 e. The summed E-state index contributed by atoms with van der Waals surface area (Å²) in [5, 5.41) is 4.78. The minimum absolute atomic E-state index is 0.238. The Bertz CT molecular complexity index is 464. The van der Waals surface area contributed by atoms with Gasteiger partial charge >= 0.3 is 0 Å². The lowest BCUT2D eigenvalue weighted by Gasteiger charge is -2.32. The number of fused-ring (bicyclic) bond motifs is 1. The highest BCUT2D eigenvalue weighted by atomic mass is 32.1. The first-order chi connectivity index (χ1) is 7.78. The standard InChI is InChI=1S/C13H16N2S/c1-13(7-4-8-14-9-13)12-15-10-5-2-3-6-11(10)16-12/h2-3,5-6,14H,4,7-9H2,1H3. The van der Waals surface area contributed by atoms with Gasteiger partial charge in [0.1, 0.15) is 5.01 Å². The van der Waals surface area contributed by atoms with Crippen molar-refractivity contribution in [1.82, 2.24) is 10.3 Å². The number of piperidine rings is 1. The van der Waals surface area contributed by atoms with Crippen LogP contribution in [0.1, 0.15) is 24.8 Å². The van der Waals surface area contributed by atoms with E-state index in [1.54, 1.807) is 0 Å². The van der Waals surface area contributed by atoms with Gasteiger partial charge in [-0.1, -0.05) is 19.1 Å². The molecule has 1 fully saturated rings. The van der Waals surface area contributed by atoms with Crippen LogP contribution in [0.5, 0.6) is 0 Å². The molecule has 3 rings (SSSR count). The third-order valence-corrected chi connectivity index (χ3v) is 4.75. The molecule has 1 unspecified atom stereocenters. The van der Waals surface area contributed by atoms with Crippen molar-refractivity contribution >= 4 is 21.6 Å². The van der Waals surface area contributed by atoms with Gasteiger partial charge in [0.15, 0.2) is 0 Å². The molecule has 1 saturated heterocycles. The molecule has 0 aliphatic carbocycles. The third-order valence-electron chi connectivity index (χ3n) is 3.41. The number of hydrogen-bond acceptors (Lipinski definition) is 3. The van der Waals surface area contributed by atoms with Gasteiger partial charge in [-0.15, -0.1) is 11.3 Å². The molecule has 2 heterocycles. The van der Waals surface area contributed by atoms with E-state index in [1.165, 1.54) is 22.5 Å². The lowest BCUT2D eigenvalue weighted by atomic mass is 9.83. The fourth-order valence-corrected chi connectivity index (χ4v) is 3.51. The molecule has 0 amide bonds. The fourth-order valence-electron chi connectivity index (χ4n) is 2.37. The summed E-state index contributed by atoms with van der Waals surface area (Å²) in [6.07, 6.45) is 2.51. The topological polar surface area (TPSA) is 24.9 Å². The second-order valence-electron chi connectivity index (χ2n) is 4.83. The number of nitrogens with one attached hydrogen (secondary N) is 1. The van der Waals surface area contributed by atoms with Crippen molar-refractivity contribution in [1.29, 1.82) is 0 Å². The molecule has 1 aromatic carbocycles. The van der Waals surface area contributed by atoms with Gasteiger partial charge in [-0.2, -0.15) is 0 Å². The van der Waals surface area contributed by atoms with E-state index < -0.39 is 0 Å². The third kappa shape index (κ3) is 1.64. The van der Waals surface area contributed by atoms with Gasteiger partial charge in [0.05, 0.1) is 10.2 Å². The monoisotopic (exact) mass is 232 g/mol. The smallest absolute Gasteiger partial charge is 0.101 e. The number of thiazole rings is 1. The van der Waals surface area contributed by atoms with Crippen molar-refractivity contribution in [3.63, 3.8) is 0 Å². The average molecular weight is 232 g/mol. The summed E-state index contributed by atoms with van der Waals surface area (Å²) in [6.45, 7) is 4.55. The summed E-state index contributed by atoms with van der Waals surface area (Å²) in [5.41, 5.74) is 1.39. The van der Waals surface area contributed by atoms with Crippen molar-refractivity contribution in [2.45, 2.75) is 25.2 Å². The molecule has 1 aliphatic rings. The van der Waals surface area contributed by atoms with Crippen LogP contribution in [0.3, 0.4) is 0 Å². The van der Waals surface area contributed by atoms with Crippen molar-refractivity contribution in [2.75, 3.05) is 13.1 Å². The van der Waals surface area contributed by atoms with Crippen molar-refractivity contribution in [3.8, 4) is 0 Å². The first kappa shape index (κ1) is 10.2. The first-order valence-electron chi connectivity index (χ1n) is 5.85. The van der Waals surface area contributed by atoms with Crippen molar-refractivity contribution in [3.05, 3.63) is 29.3 Å². The minimum Gasteiger partial charge on any atom is -0.316 e. The molecule has 1 aromatic heterocycles. The van der Waals surface area contributed by atoms with Crippen LogP contribution in [0.2, 0.25) is 0 Å². The molecule has 0 saturated carbocycles. The molecule has 84 valence electrons. The predicted octanol–water partition coefficient (Wildman–Crippen LogP) is 2.94. The number of para-hydroxylation sites is 1. The van der Waals surface area contributed by atoms with Crippen LogP contribution in [-0.2, 0) is 5.41 Å². The molecule has 2 aromatic rings. The summed E-state index contributed by atoms with van der Waals surface area (Å²) >= 11 is 1.85. The SMILES string of the molecule is CC1(c2nc3ccccc3s2)CCCNC1. The highest BCUT2D eigenvalue weighted by Crippen LogP contribution is 2.35. The number of benzene rings is 1. The van der Waals surface area contributed by atoms with Crippen LogP contribution >= 0.6 is 11.3 Å². The van der Waals surface area contributed by atoms with Crippen LogP contribution in [0.15, 0.2) is 24.3 Å². The van der Waals surface area contributed by atoms with Gasteiger partial charge in [0, 0.05) is 12.0 Å². The van der Waals surface area contributed by atoms with Gasteiger partial charge in [-0.3, -0.25) is 0 Å². The average Bonchev–Trinajstić information content (AvgIpc) is 2.74. The molecule has 1 N–H and O–H groups in total. The van der Waals surface area contributed by atoms with Crippen molar-refractivity contribution in [2.24, 2.45) is 0 Å². The summed E-state index contributed by atoms with van der Waals surface area (Å²) in [5.74, 6) is 0. The number of nitrogens with zero attached hydrogens (tertiary/aromatic N) is 1. The highest BCUT2D eigenvalue weighted by molar-refractivity contribution is 7.18. The second kappa shape index (κ2) is 3.82. The van der Waals surface area contributed by atoms with E-state index in [0.717, 1.165) is 18.6 Å². The summed E-state index contributed by atoms with van der Waals surface area (Å²) in [4.78, 5) is 4.79. The van der Waals surface area contributed by atoms with Gasteiger partial charge in [-0.05, 0) is 31.5 Å². The van der Waals surface area contributed by atoms with E-state index in [0.29, 0.717) is 0 Å². The Morgan fingerprint density at radius 1 is 1.38 bits per heavy atom. The number of rotatable bonds is 1. The Balaban J connectivity index is 2.04. The predicted molar refractivity (Wildman–Crippen MR) is 69.1 cm³/mol. The Morgan fingerprint density at radius 3 is 3.00 bits per heavy atom. The van der Waals surface area contributed by atoms with Gasteiger partial charge < -0.3 is 5.32 Å². The summed E-state index contributed by atoms with van der Waals surface area (Å²) in [7, 11) is 0. The van der Waals surface area contributed by atoms with E-state index >= 15 is 0 Å². The van der Waals surface area contributed by atoms with Gasteiger partial charge in [-0.25, -0.2) is 4.98 Å². The van der Waals surface area contributed by atoms with Crippen LogP contribution < -0.4 is 5.32 Å². The van der Waals surface area contributed by atoms with Crippen molar-refractivity contribution < 1.29 is 0 Å². The molecule has 16 heavy (non-hydrogen) atoms. The molecular weight excluding hydrogens is 216 g/mol. The lowest BCUT2D eigenvalue weighted by Crippen LogP contribution is -2.40. The highest BCUT2D eigenvalue weighted by Gasteiger charge is 2.31. The Morgan fingerprint density at radius 2 is 2.25 bits per heavy atom. The quantitative estimate of drug-likeness (QED) is 0.817. The van der Waals surface area contributed by atoms with E-state index in [2.05, 4.69) is 36.5 Å². The summed E-state index contributed by atoms with van der Waals surface area (Å²) in [6, 6.07) is 8.42. The van der Waals surface area contributed by atoms with E-state index in [9.17, 15) is 0 Å². The second-order valence-corrected chi connectivity index (χ2v) is 5.86. The molecule has 1 aliphatic heterocycles. The van der Waals surface area contributed by atoms with E-state index in [1.807, 2.05) is 11.3 Å². The summed E-state index contributed by atoms with van der Waals surface area (Å²) < 4.78 is 1.31. The van der Waals surface area contributed by atoms with E-state index in [-0.39, 0.29) is 5.41 Å². The maximum Gasteiger partial charge on any atom is 0.101 e. The van der Waals surface area contributed by atoms with Crippen LogP contribution in [0.25, 0.3) is 10.2 Å². The molecular formula is C13H16N2S. The normalized spacial score (nSPS) is 26.1. The maximum atomic E-state index is 4.79. The van der Waals surface area contributed by atoms with Gasteiger partial charge in [0.25, 0.3) is 0 Å². The zero-order valence-corrected chi connectivity index (χ0v) is 10.3. The van der Waals surface area contributed by atoms with Crippen LogP contribution in [0.4, 0.5) is 0 Å². The van der Waals surface area contributed by atoms with Crippen LogP contribution in [-0.4, -0.2) is 18.1 Å². The molecule has 0 radical (unpaired) electrons. The molecule has 3 heteroatoms. The zero-order valence-electron chi connectivity index (χ0n) is 9.49. The first-order valence-corrected chi connectivity index (χ1v) is 6.66. The minimum atomic E-state index is 0.238. The Kier molecular flexibility index (Phi) is 2.45. The number of hydrogen-bond donors (Lipinski definition) is 1. The number of aromatic nitrogens is 1. The maximum absolute atomic E-state index is 4.79. The molecule has 0 bridgehead atoms. The Hall–Kier alpha value is -0.930. The zero-order chi connectivity index (χ0) is 11.0.